The van der Waals surface area contributed by atoms with Crippen molar-refractivity contribution in [3.05, 3.63) is 118 Å². The van der Waals surface area contributed by atoms with E-state index < -0.39 is 22.5 Å². The number of carbonyl (C=O) groups is 2. The van der Waals surface area contributed by atoms with E-state index in [9.17, 15) is 18.0 Å². The topological polar surface area (TPSA) is 108 Å². The molecule has 1 heterocycles. The second-order valence-corrected chi connectivity index (χ2v) is 11.0. The number of nitrogens with zero attached hydrogens (tertiary/aromatic N) is 2. The van der Waals surface area contributed by atoms with E-state index in [2.05, 4.69) is 38.2 Å². The molecule has 0 fully saturated rings. The van der Waals surface area contributed by atoms with Gasteiger partial charge in [-0.2, -0.15) is 0 Å². The van der Waals surface area contributed by atoms with Crippen molar-refractivity contribution in [2.45, 2.75) is 11.4 Å². The van der Waals surface area contributed by atoms with Crippen LogP contribution in [0.2, 0.25) is 0 Å². The molecule has 1 aromatic heterocycles. The monoisotopic (exact) mass is 626 g/mol. The molecule has 0 aliphatic carbocycles. The van der Waals surface area contributed by atoms with Crippen LogP contribution in [-0.2, 0) is 21.4 Å². The van der Waals surface area contributed by atoms with Gasteiger partial charge in [-0.3, -0.25) is 18.9 Å². The lowest BCUT2D eigenvalue weighted by Gasteiger charge is -2.24. The van der Waals surface area contributed by atoms with E-state index in [4.69, 9.17) is 0 Å². The van der Waals surface area contributed by atoms with Crippen molar-refractivity contribution in [3.63, 3.8) is 0 Å². The fourth-order valence-electron chi connectivity index (χ4n) is 3.53. The smallest absolute Gasteiger partial charge is 0.264 e. The van der Waals surface area contributed by atoms with Crippen LogP contribution in [0.3, 0.4) is 0 Å². The number of para-hydroxylation sites is 1. The quantitative estimate of drug-likeness (QED) is 0.267. The molecule has 10 heteroatoms. The average Bonchev–Trinajstić information content (AvgIpc) is 2.92. The summed E-state index contributed by atoms with van der Waals surface area (Å²) in [6.07, 6.45) is 3.30. The average molecular weight is 626 g/mol. The second-order valence-electron chi connectivity index (χ2n) is 7.94. The van der Waals surface area contributed by atoms with Gasteiger partial charge in [0.05, 0.1) is 21.8 Å². The first kappa shape index (κ1) is 26.3. The Bertz CT molecular complexity index is 1480. The Labute approximate surface area is 228 Å². The molecule has 0 spiro atoms. The number of rotatable bonds is 9. The lowest BCUT2D eigenvalue weighted by molar-refractivity contribution is -0.114. The molecule has 188 valence electrons. The SMILES string of the molecule is O=C(CN(c1ccc(I)cc1)S(=O)(=O)c1ccccc1)Nc1ccccc1C(=O)NCc1cccnc1. The summed E-state index contributed by atoms with van der Waals surface area (Å²) in [5.41, 5.74) is 1.71. The molecule has 4 aromatic rings. The maximum atomic E-state index is 13.5. The Kier molecular flexibility index (Phi) is 8.51. The van der Waals surface area contributed by atoms with Crippen LogP contribution < -0.4 is 14.9 Å². The summed E-state index contributed by atoms with van der Waals surface area (Å²) in [6, 6.07) is 24.9. The van der Waals surface area contributed by atoms with Crippen LogP contribution in [-0.4, -0.2) is 31.8 Å². The summed E-state index contributed by atoms with van der Waals surface area (Å²) in [5, 5.41) is 5.51. The number of benzene rings is 3. The van der Waals surface area contributed by atoms with Gasteiger partial charge in [-0.05, 0) is 82.8 Å². The molecule has 0 bridgehead atoms. The normalized spacial score (nSPS) is 10.9. The van der Waals surface area contributed by atoms with Crippen molar-refractivity contribution in [2.75, 3.05) is 16.2 Å². The van der Waals surface area contributed by atoms with Crippen LogP contribution in [0, 0.1) is 3.57 Å². The highest BCUT2D eigenvalue weighted by Crippen LogP contribution is 2.25. The molecule has 8 nitrogen and oxygen atoms in total. The molecule has 37 heavy (non-hydrogen) atoms. The van der Waals surface area contributed by atoms with E-state index >= 15 is 0 Å². The van der Waals surface area contributed by atoms with E-state index in [0.717, 1.165) is 13.4 Å². The standard InChI is InChI=1S/C27H23IN4O4S/c28-21-12-14-22(15-13-21)32(37(35,36)23-8-2-1-3-9-23)19-26(33)31-25-11-5-4-10-24(25)27(34)30-18-20-7-6-16-29-17-20/h1-17H,18-19H2,(H,30,34)(H,31,33). The molecule has 2 amide bonds. The molecule has 0 saturated carbocycles. The Morgan fingerprint density at radius 3 is 2.27 bits per heavy atom. The number of hydrogen-bond donors (Lipinski definition) is 2. The van der Waals surface area contributed by atoms with E-state index in [0.29, 0.717) is 5.69 Å². The van der Waals surface area contributed by atoms with Crippen molar-refractivity contribution >= 4 is 55.8 Å². The summed E-state index contributed by atoms with van der Waals surface area (Å²) < 4.78 is 28.9. The van der Waals surface area contributed by atoms with Gasteiger partial charge in [0.2, 0.25) is 5.91 Å². The molecule has 0 unspecified atom stereocenters. The summed E-state index contributed by atoms with van der Waals surface area (Å²) in [7, 11) is -4.04. The van der Waals surface area contributed by atoms with Gasteiger partial charge in [0.1, 0.15) is 6.54 Å². The van der Waals surface area contributed by atoms with Crippen molar-refractivity contribution < 1.29 is 18.0 Å². The van der Waals surface area contributed by atoms with Crippen LogP contribution in [0.1, 0.15) is 15.9 Å². The molecule has 0 atom stereocenters. The minimum absolute atomic E-state index is 0.0662. The van der Waals surface area contributed by atoms with Crippen molar-refractivity contribution in [1.82, 2.24) is 10.3 Å². The van der Waals surface area contributed by atoms with E-state index in [1.165, 1.54) is 12.1 Å². The number of sulfonamides is 1. The van der Waals surface area contributed by atoms with Crippen LogP contribution in [0.4, 0.5) is 11.4 Å². The Balaban J connectivity index is 1.55. The van der Waals surface area contributed by atoms with Gasteiger partial charge in [-0.1, -0.05) is 36.4 Å². The largest absolute Gasteiger partial charge is 0.348 e. The zero-order chi connectivity index (χ0) is 26.3. The first-order valence-corrected chi connectivity index (χ1v) is 13.8. The molecular formula is C27H23IN4O4S. The number of carbonyl (C=O) groups excluding carboxylic acids is 2. The predicted octanol–water partition coefficient (Wildman–Crippen LogP) is 4.45. The number of amides is 2. The summed E-state index contributed by atoms with van der Waals surface area (Å²) in [6.45, 7) is -0.214. The molecule has 0 saturated heterocycles. The fourth-order valence-corrected chi connectivity index (χ4v) is 5.33. The maximum Gasteiger partial charge on any atom is 0.264 e. The van der Waals surface area contributed by atoms with Gasteiger partial charge in [0.25, 0.3) is 15.9 Å². The number of halogens is 1. The molecule has 3 aromatic carbocycles. The minimum atomic E-state index is -4.04. The van der Waals surface area contributed by atoms with Crippen LogP contribution in [0.15, 0.2) is 108 Å². The maximum absolute atomic E-state index is 13.5. The molecule has 2 N–H and O–H groups in total. The summed E-state index contributed by atoms with van der Waals surface area (Å²) >= 11 is 2.12. The Morgan fingerprint density at radius 1 is 0.865 bits per heavy atom. The third-order valence-electron chi connectivity index (χ3n) is 5.35. The molecular weight excluding hydrogens is 603 g/mol. The molecule has 0 aliphatic rings. The first-order chi connectivity index (χ1) is 17.8. The van der Waals surface area contributed by atoms with Gasteiger partial charge in [-0.25, -0.2) is 8.42 Å². The van der Waals surface area contributed by atoms with Crippen LogP contribution in [0.5, 0.6) is 0 Å². The minimum Gasteiger partial charge on any atom is -0.348 e. The zero-order valence-corrected chi connectivity index (χ0v) is 22.5. The number of anilines is 2. The predicted molar refractivity (Wildman–Crippen MR) is 151 cm³/mol. The van der Waals surface area contributed by atoms with Crippen LogP contribution in [0.25, 0.3) is 0 Å². The van der Waals surface area contributed by atoms with E-state index in [1.54, 1.807) is 85.2 Å². The first-order valence-electron chi connectivity index (χ1n) is 11.2. The molecule has 0 aliphatic heterocycles. The van der Waals surface area contributed by atoms with E-state index in [1.807, 2.05) is 6.07 Å². The van der Waals surface area contributed by atoms with Gasteiger partial charge >= 0.3 is 0 Å². The fraction of sp³-hybridized carbons (Fsp3) is 0.0741. The zero-order valence-electron chi connectivity index (χ0n) is 19.5. The highest BCUT2D eigenvalue weighted by molar-refractivity contribution is 14.1. The van der Waals surface area contributed by atoms with E-state index in [-0.39, 0.29) is 28.6 Å². The van der Waals surface area contributed by atoms with Gasteiger partial charge in [0, 0.05) is 22.5 Å². The number of aromatic nitrogens is 1. The Morgan fingerprint density at radius 2 is 1.57 bits per heavy atom. The van der Waals surface area contributed by atoms with Gasteiger partial charge in [-0.15, -0.1) is 0 Å². The third-order valence-corrected chi connectivity index (χ3v) is 7.86. The van der Waals surface area contributed by atoms with Crippen LogP contribution >= 0.6 is 22.6 Å². The van der Waals surface area contributed by atoms with Crippen molar-refractivity contribution in [2.24, 2.45) is 0 Å². The van der Waals surface area contributed by atoms with Crippen molar-refractivity contribution in [1.29, 1.82) is 0 Å². The number of nitrogens with one attached hydrogen (secondary N) is 2. The highest BCUT2D eigenvalue weighted by Gasteiger charge is 2.27. The van der Waals surface area contributed by atoms with Gasteiger partial charge in [0.15, 0.2) is 0 Å². The lowest BCUT2D eigenvalue weighted by atomic mass is 10.1. The second kappa shape index (κ2) is 12.0. The van der Waals surface area contributed by atoms with Crippen molar-refractivity contribution in [3.8, 4) is 0 Å². The summed E-state index contributed by atoms with van der Waals surface area (Å²) in [4.78, 5) is 30.1. The summed E-state index contributed by atoms with van der Waals surface area (Å²) in [5.74, 6) is -0.975. The highest BCUT2D eigenvalue weighted by atomic mass is 127. The lowest BCUT2D eigenvalue weighted by Crippen LogP contribution is -2.38. The molecule has 4 rings (SSSR count). The number of pyridine rings is 1. The Hall–Kier alpha value is -3.77. The number of hydrogen-bond acceptors (Lipinski definition) is 5. The molecule has 0 radical (unpaired) electrons. The van der Waals surface area contributed by atoms with Gasteiger partial charge < -0.3 is 10.6 Å². The third kappa shape index (κ3) is 6.71.